The van der Waals surface area contributed by atoms with E-state index in [2.05, 4.69) is 0 Å². The van der Waals surface area contributed by atoms with Crippen LogP contribution in [0.5, 0.6) is 0 Å². The maximum Gasteiger partial charge on any atom is 0.256 e. The lowest BCUT2D eigenvalue weighted by Crippen LogP contribution is -2.46. The standard InChI is InChI=1S/C22H22N2O4/c1-13-11-27-22-18-10-6-4-8-16(18)20(26)24(22)14(2)12-28-21-17-9-5-3-7-15(17)19(25)23(13)21/h3-10,13-14,21-22H,11-12H2,1-2H3/t13-,14-,21+,22+/m1/s1. The quantitative estimate of drug-likeness (QED) is 0.707. The van der Waals surface area contributed by atoms with E-state index in [0.717, 1.165) is 11.1 Å². The smallest absolute Gasteiger partial charge is 0.256 e. The Labute approximate surface area is 163 Å². The second-order valence-corrected chi connectivity index (χ2v) is 7.67. The highest BCUT2D eigenvalue weighted by Gasteiger charge is 2.45. The van der Waals surface area contributed by atoms with E-state index in [1.165, 1.54) is 0 Å². The molecule has 0 bridgehead atoms. The van der Waals surface area contributed by atoms with Crippen molar-refractivity contribution < 1.29 is 19.1 Å². The molecule has 2 aromatic rings. The van der Waals surface area contributed by atoms with Gasteiger partial charge in [0, 0.05) is 22.3 Å². The second-order valence-electron chi connectivity index (χ2n) is 7.67. The number of amides is 2. The van der Waals surface area contributed by atoms with Crippen molar-refractivity contribution in [2.75, 3.05) is 13.2 Å². The van der Waals surface area contributed by atoms with Gasteiger partial charge in [-0.05, 0) is 26.0 Å². The Balaban J connectivity index is 1.51. The van der Waals surface area contributed by atoms with Crippen molar-refractivity contribution in [3.63, 3.8) is 0 Å². The minimum atomic E-state index is -0.457. The highest BCUT2D eigenvalue weighted by atomic mass is 16.5. The van der Waals surface area contributed by atoms with Gasteiger partial charge in [-0.15, -0.1) is 0 Å². The lowest BCUT2D eigenvalue weighted by molar-refractivity contribution is -0.131. The van der Waals surface area contributed by atoms with Gasteiger partial charge in [0.2, 0.25) is 0 Å². The van der Waals surface area contributed by atoms with Gasteiger partial charge < -0.3 is 19.3 Å². The third kappa shape index (κ3) is 2.41. The number of benzene rings is 2. The summed E-state index contributed by atoms with van der Waals surface area (Å²) in [5.41, 5.74) is 3.10. The average Bonchev–Trinajstić information content (AvgIpc) is 3.16. The Morgan fingerprint density at radius 3 is 1.54 bits per heavy atom. The van der Waals surface area contributed by atoms with Crippen LogP contribution >= 0.6 is 0 Å². The number of hydrogen-bond donors (Lipinski definition) is 0. The molecule has 5 rings (SSSR count). The number of ether oxygens (including phenoxy) is 2. The van der Waals surface area contributed by atoms with Gasteiger partial charge in [-0.2, -0.15) is 0 Å². The minimum Gasteiger partial charge on any atom is -0.352 e. The van der Waals surface area contributed by atoms with Crippen LogP contribution in [0, 0.1) is 0 Å². The van der Waals surface area contributed by atoms with Crippen LogP contribution in [0.3, 0.4) is 0 Å². The van der Waals surface area contributed by atoms with Crippen LogP contribution in [0.2, 0.25) is 0 Å². The van der Waals surface area contributed by atoms with Crippen molar-refractivity contribution in [3.8, 4) is 0 Å². The van der Waals surface area contributed by atoms with E-state index in [9.17, 15) is 9.59 Å². The molecule has 6 nitrogen and oxygen atoms in total. The zero-order chi connectivity index (χ0) is 19.4. The summed E-state index contributed by atoms with van der Waals surface area (Å²) in [6.07, 6.45) is -0.914. The molecule has 0 aromatic heterocycles. The maximum absolute atomic E-state index is 13.0. The molecule has 6 heteroatoms. The summed E-state index contributed by atoms with van der Waals surface area (Å²) < 4.78 is 12.5. The molecule has 0 saturated carbocycles. The molecule has 1 fully saturated rings. The van der Waals surface area contributed by atoms with Gasteiger partial charge in [0.25, 0.3) is 11.8 Å². The van der Waals surface area contributed by atoms with E-state index in [4.69, 9.17) is 9.47 Å². The first-order chi connectivity index (χ1) is 13.6. The van der Waals surface area contributed by atoms with Crippen LogP contribution in [-0.2, 0) is 9.47 Å². The van der Waals surface area contributed by atoms with Gasteiger partial charge in [-0.25, -0.2) is 0 Å². The largest absolute Gasteiger partial charge is 0.352 e. The molecule has 2 aromatic carbocycles. The predicted molar refractivity (Wildman–Crippen MR) is 102 cm³/mol. The first-order valence-electron chi connectivity index (χ1n) is 9.64. The molecule has 28 heavy (non-hydrogen) atoms. The number of carbonyl (C=O) groups is 2. The normalized spacial score (nSPS) is 29.2. The molecule has 3 heterocycles. The number of rotatable bonds is 0. The van der Waals surface area contributed by atoms with Crippen LogP contribution in [0.4, 0.5) is 0 Å². The van der Waals surface area contributed by atoms with Crippen LogP contribution in [0.15, 0.2) is 48.5 Å². The molecule has 3 aliphatic heterocycles. The minimum absolute atomic E-state index is 0.0373. The average molecular weight is 378 g/mol. The zero-order valence-electron chi connectivity index (χ0n) is 15.9. The molecule has 144 valence electrons. The predicted octanol–water partition coefficient (Wildman–Crippen LogP) is 3.12. The molecule has 1 saturated heterocycles. The van der Waals surface area contributed by atoms with Crippen molar-refractivity contribution in [3.05, 3.63) is 70.8 Å². The Morgan fingerprint density at radius 1 is 0.714 bits per heavy atom. The van der Waals surface area contributed by atoms with E-state index in [1.54, 1.807) is 9.80 Å². The first-order valence-corrected chi connectivity index (χ1v) is 9.64. The van der Waals surface area contributed by atoms with Gasteiger partial charge in [0.15, 0.2) is 12.5 Å². The molecule has 0 aliphatic carbocycles. The van der Waals surface area contributed by atoms with Gasteiger partial charge >= 0.3 is 0 Å². The Bertz CT molecular complexity index is 882. The summed E-state index contributed by atoms with van der Waals surface area (Å²) in [5.74, 6) is -0.0747. The zero-order valence-corrected chi connectivity index (χ0v) is 15.9. The van der Waals surface area contributed by atoms with Crippen LogP contribution in [-0.4, -0.2) is 46.9 Å². The van der Waals surface area contributed by atoms with Crippen molar-refractivity contribution in [1.82, 2.24) is 9.80 Å². The first kappa shape index (κ1) is 17.4. The summed E-state index contributed by atoms with van der Waals surface area (Å²) in [6.45, 7) is 4.54. The van der Waals surface area contributed by atoms with Crippen LogP contribution < -0.4 is 0 Å². The van der Waals surface area contributed by atoms with Gasteiger partial charge in [-0.1, -0.05) is 36.4 Å². The lowest BCUT2D eigenvalue weighted by atomic mass is 10.1. The summed E-state index contributed by atoms with van der Waals surface area (Å²) >= 11 is 0. The maximum atomic E-state index is 13.0. The Morgan fingerprint density at radius 2 is 1.11 bits per heavy atom. The van der Waals surface area contributed by atoms with Crippen LogP contribution in [0.25, 0.3) is 0 Å². The highest BCUT2D eigenvalue weighted by molar-refractivity contribution is 6.00. The van der Waals surface area contributed by atoms with Crippen molar-refractivity contribution in [2.45, 2.75) is 38.4 Å². The molecule has 0 radical (unpaired) electrons. The fourth-order valence-electron chi connectivity index (χ4n) is 4.43. The fourth-order valence-corrected chi connectivity index (χ4v) is 4.43. The number of carbonyl (C=O) groups excluding carboxylic acids is 2. The highest BCUT2D eigenvalue weighted by Crippen LogP contribution is 2.40. The fraction of sp³-hybridized carbons (Fsp3) is 0.364. The molecule has 0 spiro atoms. The lowest BCUT2D eigenvalue weighted by Gasteiger charge is -2.38. The van der Waals surface area contributed by atoms with Crippen molar-refractivity contribution >= 4 is 11.8 Å². The molecule has 4 atom stereocenters. The van der Waals surface area contributed by atoms with Gasteiger partial charge in [0.1, 0.15) is 0 Å². The number of fused-ring (bicyclic) bond motifs is 6. The van der Waals surface area contributed by atoms with Gasteiger partial charge in [-0.3, -0.25) is 9.59 Å². The third-order valence-corrected chi connectivity index (χ3v) is 5.83. The monoisotopic (exact) mass is 378 g/mol. The second kappa shape index (κ2) is 6.43. The molecule has 0 N–H and O–H groups in total. The summed E-state index contributed by atoms with van der Waals surface area (Å²) in [4.78, 5) is 29.5. The van der Waals surface area contributed by atoms with E-state index in [1.807, 2.05) is 62.4 Å². The van der Waals surface area contributed by atoms with Crippen molar-refractivity contribution in [1.29, 1.82) is 0 Å². The Hall–Kier alpha value is -2.70. The molecule has 3 aliphatic rings. The Kier molecular flexibility index (Phi) is 4.00. The molecule has 2 amide bonds. The SMILES string of the molecule is C[C@@H]1CO[C@H]2c3ccccc3C(=O)N2[C@H](C)CO[C@H]2c3ccccc3C(=O)N12. The van der Waals surface area contributed by atoms with Gasteiger partial charge in [0.05, 0.1) is 25.3 Å². The summed E-state index contributed by atoms with van der Waals surface area (Å²) in [5, 5.41) is 0. The van der Waals surface area contributed by atoms with E-state index >= 15 is 0 Å². The van der Waals surface area contributed by atoms with E-state index in [0.29, 0.717) is 24.3 Å². The number of nitrogens with zero attached hydrogens (tertiary/aromatic N) is 2. The molecular formula is C22H22N2O4. The van der Waals surface area contributed by atoms with E-state index in [-0.39, 0.29) is 23.9 Å². The summed E-state index contributed by atoms with van der Waals surface area (Å²) in [6, 6.07) is 14.7. The van der Waals surface area contributed by atoms with E-state index < -0.39 is 12.5 Å². The molecular weight excluding hydrogens is 356 g/mol. The summed E-state index contributed by atoms with van der Waals surface area (Å²) in [7, 11) is 0. The van der Waals surface area contributed by atoms with Crippen LogP contribution in [0.1, 0.15) is 58.1 Å². The molecule has 0 unspecified atom stereocenters. The number of hydrogen-bond acceptors (Lipinski definition) is 4. The topological polar surface area (TPSA) is 59.1 Å². The third-order valence-electron chi connectivity index (χ3n) is 5.83. The van der Waals surface area contributed by atoms with Crippen molar-refractivity contribution in [2.24, 2.45) is 0 Å².